The molecule has 0 aliphatic heterocycles. The van der Waals surface area contributed by atoms with Crippen molar-refractivity contribution in [3.8, 4) is 0 Å². The van der Waals surface area contributed by atoms with E-state index < -0.39 is 0 Å². The molecule has 0 fully saturated rings. The van der Waals surface area contributed by atoms with Crippen LogP contribution in [0.15, 0.2) is 54.7 Å². The molecule has 0 atom stereocenters. The molecule has 0 bridgehead atoms. The molecule has 2 nitrogen and oxygen atoms in total. The number of benzene rings is 1. The Balaban J connectivity index is 2.02. The Hall–Kier alpha value is -1.96. The van der Waals surface area contributed by atoms with E-state index in [1.165, 1.54) is 5.69 Å². The first kappa shape index (κ1) is 12.5. The van der Waals surface area contributed by atoms with Crippen molar-refractivity contribution >= 4 is 5.78 Å². The van der Waals surface area contributed by atoms with Crippen LogP contribution < -0.4 is 4.57 Å². The Bertz CT molecular complexity index is 520. The van der Waals surface area contributed by atoms with E-state index in [1.54, 1.807) is 0 Å². The molecule has 2 heteroatoms. The highest BCUT2D eigenvalue weighted by molar-refractivity contribution is 5.96. The third-order valence-corrected chi connectivity index (χ3v) is 3.08. The number of hydrogen-bond acceptors (Lipinski definition) is 1. The highest BCUT2D eigenvalue weighted by Crippen LogP contribution is 2.06. The minimum atomic E-state index is 0.210. The second-order valence-electron chi connectivity index (χ2n) is 4.27. The van der Waals surface area contributed by atoms with Gasteiger partial charge in [-0.25, -0.2) is 4.57 Å². The number of rotatable bonds is 5. The highest BCUT2D eigenvalue weighted by Gasteiger charge is 2.11. The van der Waals surface area contributed by atoms with Crippen LogP contribution in [-0.4, -0.2) is 5.78 Å². The van der Waals surface area contributed by atoms with E-state index in [-0.39, 0.29) is 5.78 Å². The molecule has 1 heterocycles. The molecular weight excluding hydrogens is 222 g/mol. The monoisotopic (exact) mass is 240 g/mol. The maximum atomic E-state index is 12.0. The van der Waals surface area contributed by atoms with Gasteiger partial charge in [-0.15, -0.1) is 0 Å². The van der Waals surface area contributed by atoms with Gasteiger partial charge >= 0.3 is 0 Å². The average molecular weight is 240 g/mol. The van der Waals surface area contributed by atoms with Gasteiger partial charge in [0, 0.05) is 30.5 Å². The van der Waals surface area contributed by atoms with Gasteiger partial charge in [-0.05, 0) is 6.92 Å². The van der Waals surface area contributed by atoms with E-state index in [9.17, 15) is 4.79 Å². The zero-order chi connectivity index (χ0) is 12.8. The molecule has 0 aliphatic rings. The van der Waals surface area contributed by atoms with E-state index in [0.29, 0.717) is 6.42 Å². The van der Waals surface area contributed by atoms with Gasteiger partial charge in [0.1, 0.15) is 6.54 Å². The molecule has 18 heavy (non-hydrogen) atoms. The summed E-state index contributed by atoms with van der Waals surface area (Å²) in [5.74, 6) is 0.210. The summed E-state index contributed by atoms with van der Waals surface area (Å²) in [4.78, 5) is 12.0. The lowest BCUT2D eigenvalue weighted by molar-refractivity contribution is -0.700. The van der Waals surface area contributed by atoms with Crippen molar-refractivity contribution < 1.29 is 9.36 Å². The number of hydrogen-bond donors (Lipinski definition) is 0. The number of aromatic nitrogens is 1. The number of carbonyl (C=O) groups is 1. The van der Waals surface area contributed by atoms with E-state index in [0.717, 1.165) is 18.5 Å². The van der Waals surface area contributed by atoms with Crippen LogP contribution in [0.2, 0.25) is 0 Å². The molecule has 0 saturated carbocycles. The van der Waals surface area contributed by atoms with Crippen molar-refractivity contribution in [1.82, 2.24) is 0 Å². The highest BCUT2D eigenvalue weighted by atomic mass is 16.1. The Labute approximate surface area is 108 Å². The minimum Gasteiger partial charge on any atom is -0.294 e. The second-order valence-corrected chi connectivity index (χ2v) is 4.27. The summed E-state index contributed by atoms with van der Waals surface area (Å²) in [5, 5.41) is 0. The average Bonchev–Trinajstić information content (AvgIpc) is 2.46. The van der Waals surface area contributed by atoms with Gasteiger partial charge in [0.05, 0.1) is 0 Å². The summed E-state index contributed by atoms with van der Waals surface area (Å²) in [7, 11) is 0. The number of ketones is 1. The fourth-order valence-electron chi connectivity index (χ4n) is 2.06. The lowest BCUT2D eigenvalue weighted by Crippen LogP contribution is -2.36. The van der Waals surface area contributed by atoms with Gasteiger partial charge < -0.3 is 0 Å². The Morgan fingerprint density at radius 3 is 2.50 bits per heavy atom. The summed E-state index contributed by atoms with van der Waals surface area (Å²) in [6.07, 6.45) is 3.42. The Kier molecular flexibility index (Phi) is 4.24. The van der Waals surface area contributed by atoms with Gasteiger partial charge in [-0.2, -0.15) is 0 Å². The minimum absolute atomic E-state index is 0.210. The summed E-state index contributed by atoms with van der Waals surface area (Å²) in [6, 6.07) is 15.6. The maximum absolute atomic E-state index is 12.0. The van der Waals surface area contributed by atoms with Crippen molar-refractivity contribution in [2.75, 3.05) is 0 Å². The Morgan fingerprint density at radius 2 is 1.78 bits per heavy atom. The molecule has 92 valence electrons. The summed E-state index contributed by atoms with van der Waals surface area (Å²) in [6.45, 7) is 3.05. The van der Waals surface area contributed by atoms with Crippen LogP contribution in [0.5, 0.6) is 0 Å². The number of pyridine rings is 1. The second kappa shape index (κ2) is 6.10. The van der Waals surface area contributed by atoms with Crippen molar-refractivity contribution in [3.05, 3.63) is 66.0 Å². The third-order valence-electron chi connectivity index (χ3n) is 3.08. The molecule has 0 unspecified atom stereocenters. The number of aryl methyl sites for hydroxylation is 2. The lowest BCUT2D eigenvalue weighted by atomic mass is 10.1. The molecule has 1 aromatic heterocycles. The summed E-state index contributed by atoms with van der Waals surface area (Å²) in [5.41, 5.74) is 2.01. The molecule has 2 rings (SSSR count). The lowest BCUT2D eigenvalue weighted by Gasteiger charge is -2.02. The first-order valence-electron chi connectivity index (χ1n) is 6.37. The molecule has 0 saturated heterocycles. The normalized spacial score (nSPS) is 10.3. The largest absolute Gasteiger partial charge is 0.294 e. The van der Waals surface area contributed by atoms with Crippen LogP contribution in [0.25, 0.3) is 0 Å². The van der Waals surface area contributed by atoms with Crippen LogP contribution in [0.4, 0.5) is 0 Å². The van der Waals surface area contributed by atoms with Crippen molar-refractivity contribution in [3.63, 3.8) is 0 Å². The van der Waals surface area contributed by atoms with Crippen LogP contribution in [0.1, 0.15) is 29.4 Å². The van der Waals surface area contributed by atoms with Gasteiger partial charge in [-0.1, -0.05) is 36.4 Å². The van der Waals surface area contributed by atoms with Gasteiger partial charge in [0.15, 0.2) is 17.7 Å². The Morgan fingerprint density at radius 1 is 1.06 bits per heavy atom. The molecule has 0 aliphatic carbocycles. The third kappa shape index (κ3) is 3.04. The fourth-order valence-corrected chi connectivity index (χ4v) is 2.06. The predicted octanol–water partition coefficient (Wildman–Crippen LogP) is 2.81. The topological polar surface area (TPSA) is 20.9 Å². The smallest absolute Gasteiger partial charge is 0.181 e. The summed E-state index contributed by atoms with van der Waals surface area (Å²) < 4.78 is 2.18. The van der Waals surface area contributed by atoms with E-state index in [2.05, 4.69) is 23.8 Å². The SMILES string of the molecule is CC[n+]1ccccc1CCC(=O)c1ccccc1. The van der Waals surface area contributed by atoms with Crippen molar-refractivity contribution in [2.45, 2.75) is 26.3 Å². The molecule has 2 aromatic rings. The van der Waals surface area contributed by atoms with Crippen LogP contribution in [0.3, 0.4) is 0 Å². The molecule has 0 amide bonds. The van der Waals surface area contributed by atoms with E-state index in [4.69, 9.17) is 0 Å². The van der Waals surface area contributed by atoms with Crippen LogP contribution in [-0.2, 0) is 13.0 Å². The zero-order valence-corrected chi connectivity index (χ0v) is 10.7. The van der Waals surface area contributed by atoms with Crippen LogP contribution >= 0.6 is 0 Å². The van der Waals surface area contributed by atoms with E-state index >= 15 is 0 Å². The zero-order valence-electron chi connectivity index (χ0n) is 10.7. The molecule has 0 N–H and O–H groups in total. The number of Topliss-reactive ketones (excluding diaryl/α,β-unsaturated/α-hetero) is 1. The molecule has 1 aromatic carbocycles. The molecule has 0 radical (unpaired) electrons. The van der Waals surface area contributed by atoms with Crippen LogP contribution in [0, 0.1) is 0 Å². The molecular formula is C16H18NO+. The predicted molar refractivity (Wildman–Crippen MR) is 71.4 cm³/mol. The quantitative estimate of drug-likeness (QED) is 0.581. The standard InChI is InChI=1S/C16H18NO/c1-2-17-13-7-6-10-15(17)11-12-16(18)14-8-4-3-5-9-14/h3-10,13H,2,11-12H2,1H3/q+1. The number of carbonyl (C=O) groups excluding carboxylic acids is 1. The molecule has 0 spiro atoms. The fraction of sp³-hybridized carbons (Fsp3) is 0.250. The van der Waals surface area contributed by atoms with Crippen molar-refractivity contribution in [2.24, 2.45) is 0 Å². The first-order chi connectivity index (χ1) is 8.81. The van der Waals surface area contributed by atoms with E-state index in [1.807, 2.05) is 42.5 Å². The number of nitrogens with zero attached hydrogens (tertiary/aromatic N) is 1. The van der Waals surface area contributed by atoms with Gasteiger partial charge in [-0.3, -0.25) is 4.79 Å². The van der Waals surface area contributed by atoms with Gasteiger partial charge in [0.2, 0.25) is 0 Å². The van der Waals surface area contributed by atoms with Crippen molar-refractivity contribution in [1.29, 1.82) is 0 Å². The van der Waals surface area contributed by atoms with Gasteiger partial charge in [0.25, 0.3) is 0 Å². The maximum Gasteiger partial charge on any atom is 0.181 e. The first-order valence-corrected chi connectivity index (χ1v) is 6.37. The summed E-state index contributed by atoms with van der Waals surface area (Å²) >= 11 is 0.